The van der Waals surface area contributed by atoms with Crippen molar-refractivity contribution in [3.05, 3.63) is 35.9 Å². The summed E-state index contributed by atoms with van der Waals surface area (Å²) in [6.07, 6.45) is -1.29. The zero-order valence-electron chi connectivity index (χ0n) is 20.1. The lowest BCUT2D eigenvalue weighted by molar-refractivity contribution is -0.144. The van der Waals surface area contributed by atoms with Gasteiger partial charge < -0.3 is 37.6 Å². The lowest BCUT2D eigenvalue weighted by atomic mass is 10.0. The lowest BCUT2D eigenvalue weighted by Gasteiger charge is -2.25. The third kappa shape index (κ3) is 10.5. The number of carboxylic acid groups (broad SMARTS) is 2. The van der Waals surface area contributed by atoms with E-state index in [4.69, 9.17) is 11.5 Å². The van der Waals surface area contributed by atoms with E-state index in [9.17, 15) is 39.0 Å². The van der Waals surface area contributed by atoms with Gasteiger partial charge in [0.15, 0.2) is 0 Å². The Balaban J connectivity index is 3.00. The molecule has 0 aliphatic carbocycles. The molecule has 0 fully saturated rings. The number of nitrogens with one attached hydrogen (secondary N) is 3. The smallest absolute Gasteiger partial charge is 0.326 e. The summed E-state index contributed by atoms with van der Waals surface area (Å²) in [4.78, 5) is 72.1. The second-order valence-electron chi connectivity index (χ2n) is 8.59. The Morgan fingerprint density at radius 1 is 0.861 bits per heavy atom. The van der Waals surface area contributed by atoms with Gasteiger partial charge in [0, 0.05) is 6.42 Å². The molecule has 0 heterocycles. The number of benzene rings is 1. The zero-order chi connectivity index (χ0) is 27.4. The highest BCUT2D eigenvalue weighted by atomic mass is 16.4. The summed E-state index contributed by atoms with van der Waals surface area (Å²) < 4.78 is 0. The molecule has 13 heteroatoms. The normalized spacial score (nSPS) is 14.1. The monoisotopic (exact) mass is 507 g/mol. The molecule has 4 unspecified atom stereocenters. The second-order valence-corrected chi connectivity index (χ2v) is 8.59. The molecule has 1 aromatic carbocycles. The topological polar surface area (TPSA) is 231 Å². The lowest BCUT2D eigenvalue weighted by Crippen LogP contribution is -2.58. The van der Waals surface area contributed by atoms with Crippen molar-refractivity contribution in [2.24, 2.45) is 17.4 Å². The highest BCUT2D eigenvalue weighted by Crippen LogP contribution is 2.07. The van der Waals surface area contributed by atoms with Crippen molar-refractivity contribution in [1.29, 1.82) is 0 Å². The fraction of sp³-hybridized carbons (Fsp3) is 0.478. The summed E-state index contributed by atoms with van der Waals surface area (Å²) in [5.74, 6) is -6.71. The molecule has 198 valence electrons. The van der Waals surface area contributed by atoms with Crippen LogP contribution in [0.15, 0.2) is 30.3 Å². The van der Waals surface area contributed by atoms with E-state index in [-0.39, 0.29) is 19.3 Å². The predicted molar refractivity (Wildman–Crippen MR) is 127 cm³/mol. The van der Waals surface area contributed by atoms with Gasteiger partial charge in [-0.15, -0.1) is 0 Å². The van der Waals surface area contributed by atoms with Gasteiger partial charge in [0.25, 0.3) is 0 Å². The van der Waals surface area contributed by atoms with E-state index in [2.05, 4.69) is 16.0 Å². The van der Waals surface area contributed by atoms with Crippen molar-refractivity contribution in [2.75, 3.05) is 0 Å². The highest BCUT2D eigenvalue weighted by Gasteiger charge is 2.32. The maximum Gasteiger partial charge on any atom is 0.326 e. The molecule has 0 radical (unpaired) electrons. The number of nitrogens with two attached hydrogens (primary N) is 2. The van der Waals surface area contributed by atoms with E-state index >= 15 is 0 Å². The van der Waals surface area contributed by atoms with Crippen molar-refractivity contribution in [3.8, 4) is 0 Å². The first-order chi connectivity index (χ1) is 16.8. The van der Waals surface area contributed by atoms with Crippen LogP contribution in [0, 0.1) is 5.92 Å². The van der Waals surface area contributed by atoms with Gasteiger partial charge in [0.2, 0.25) is 23.6 Å². The maximum atomic E-state index is 12.9. The summed E-state index contributed by atoms with van der Waals surface area (Å²) in [6, 6.07) is 3.41. The number of amides is 4. The van der Waals surface area contributed by atoms with Crippen LogP contribution in [0.1, 0.15) is 38.7 Å². The number of rotatable bonds is 15. The van der Waals surface area contributed by atoms with Gasteiger partial charge in [0.1, 0.15) is 18.1 Å². The van der Waals surface area contributed by atoms with Crippen LogP contribution in [0.4, 0.5) is 0 Å². The first-order valence-electron chi connectivity index (χ1n) is 11.2. The molecule has 0 aromatic heterocycles. The molecular formula is C23H33N5O8. The average Bonchev–Trinajstić information content (AvgIpc) is 2.79. The minimum atomic E-state index is -1.60. The van der Waals surface area contributed by atoms with Crippen LogP contribution >= 0.6 is 0 Å². The Morgan fingerprint density at radius 2 is 1.42 bits per heavy atom. The standard InChI is InChI=1S/C23H33N5O8/c1-12(2)19(23(35)36)28-21(33)15(8-9-17(25)29)26-22(34)16(11-18(30)31)27-20(32)14(24)10-13-6-4-3-5-7-13/h3-7,12,14-16,19H,8-11,24H2,1-2H3,(H2,25,29)(H,26,34)(H,27,32)(H,28,33)(H,30,31)(H,35,36). The molecule has 0 saturated carbocycles. The van der Waals surface area contributed by atoms with Crippen LogP contribution in [0.25, 0.3) is 0 Å². The van der Waals surface area contributed by atoms with Crippen molar-refractivity contribution in [3.63, 3.8) is 0 Å². The molecular weight excluding hydrogens is 474 g/mol. The Labute approximate surface area is 208 Å². The van der Waals surface area contributed by atoms with Crippen LogP contribution in [-0.2, 0) is 35.2 Å². The summed E-state index contributed by atoms with van der Waals surface area (Å²) in [5, 5.41) is 25.4. The molecule has 0 aliphatic rings. The Morgan fingerprint density at radius 3 is 1.92 bits per heavy atom. The molecule has 0 aliphatic heterocycles. The molecule has 0 bridgehead atoms. The van der Waals surface area contributed by atoms with Crippen LogP contribution in [0.3, 0.4) is 0 Å². The first kappa shape index (κ1) is 30.0. The van der Waals surface area contributed by atoms with Gasteiger partial charge in [-0.3, -0.25) is 24.0 Å². The fourth-order valence-corrected chi connectivity index (χ4v) is 3.22. The van der Waals surface area contributed by atoms with E-state index in [0.717, 1.165) is 5.56 Å². The number of hydrogen-bond donors (Lipinski definition) is 7. The third-order valence-electron chi connectivity index (χ3n) is 5.19. The van der Waals surface area contributed by atoms with Crippen LogP contribution in [0.2, 0.25) is 0 Å². The van der Waals surface area contributed by atoms with Gasteiger partial charge in [0.05, 0.1) is 12.5 Å². The van der Waals surface area contributed by atoms with E-state index in [0.29, 0.717) is 0 Å². The second kappa shape index (κ2) is 14.4. The van der Waals surface area contributed by atoms with Crippen molar-refractivity contribution >= 4 is 35.6 Å². The van der Waals surface area contributed by atoms with Crippen molar-refractivity contribution in [2.45, 2.75) is 63.7 Å². The van der Waals surface area contributed by atoms with Gasteiger partial charge in [-0.25, -0.2) is 4.79 Å². The number of carbonyl (C=O) groups excluding carboxylic acids is 4. The number of primary amides is 1. The molecule has 9 N–H and O–H groups in total. The molecule has 1 aromatic rings. The van der Waals surface area contributed by atoms with Gasteiger partial charge >= 0.3 is 11.9 Å². The van der Waals surface area contributed by atoms with Gasteiger partial charge in [-0.2, -0.15) is 0 Å². The number of carbonyl (C=O) groups is 6. The Hall–Kier alpha value is -4.00. The molecule has 4 amide bonds. The van der Waals surface area contributed by atoms with Crippen LogP contribution < -0.4 is 27.4 Å². The predicted octanol–water partition coefficient (Wildman–Crippen LogP) is -1.51. The van der Waals surface area contributed by atoms with Gasteiger partial charge in [-0.05, 0) is 24.3 Å². The summed E-state index contributed by atoms with van der Waals surface area (Å²) in [7, 11) is 0. The number of hydrogen-bond acceptors (Lipinski definition) is 7. The molecule has 0 spiro atoms. The Kier molecular flexibility index (Phi) is 12.0. The molecule has 0 saturated heterocycles. The molecule has 36 heavy (non-hydrogen) atoms. The summed E-state index contributed by atoms with van der Waals surface area (Å²) in [6.45, 7) is 3.13. The van der Waals surface area contributed by atoms with E-state index < -0.39 is 72.1 Å². The average molecular weight is 508 g/mol. The van der Waals surface area contributed by atoms with Crippen molar-refractivity contribution < 1.29 is 39.0 Å². The minimum absolute atomic E-state index is 0.128. The molecule has 4 atom stereocenters. The number of aliphatic carboxylic acids is 2. The Bertz CT molecular complexity index is 953. The maximum absolute atomic E-state index is 12.9. The molecule has 1 rings (SSSR count). The van der Waals surface area contributed by atoms with E-state index in [1.807, 2.05) is 0 Å². The summed E-state index contributed by atoms with van der Waals surface area (Å²) in [5.41, 5.74) is 11.8. The summed E-state index contributed by atoms with van der Waals surface area (Å²) >= 11 is 0. The van der Waals surface area contributed by atoms with Crippen LogP contribution in [-0.4, -0.2) is 69.9 Å². The highest BCUT2D eigenvalue weighted by molar-refractivity contribution is 5.95. The van der Waals surface area contributed by atoms with E-state index in [1.165, 1.54) is 0 Å². The first-order valence-corrected chi connectivity index (χ1v) is 11.2. The molecule has 13 nitrogen and oxygen atoms in total. The van der Waals surface area contributed by atoms with Crippen LogP contribution in [0.5, 0.6) is 0 Å². The SMILES string of the molecule is CC(C)C(NC(=O)C(CCC(N)=O)NC(=O)C(CC(=O)O)NC(=O)C(N)Cc1ccccc1)C(=O)O. The third-order valence-corrected chi connectivity index (χ3v) is 5.19. The van der Waals surface area contributed by atoms with Crippen molar-refractivity contribution in [1.82, 2.24) is 16.0 Å². The van der Waals surface area contributed by atoms with Gasteiger partial charge in [-0.1, -0.05) is 44.2 Å². The fourth-order valence-electron chi connectivity index (χ4n) is 3.22. The minimum Gasteiger partial charge on any atom is -0.481 e. The quantitative estimate of drug-likeness (QED) is 0.146. The largest absolute Gasteiger partial charge is 0.481 e. The number of carboxylic acids is 2. The zero-order valence-corrected chi connectivity index (χ0v) is 20.1. The van der Waals surface area contributed by atoms with E-state index in [1.54, 1.807) is 44.2 Å².